The third kappa shape index (κ3) is 2.75. The molecule has 1 N–H and O–H groups in total. The van der Waals surface area contributed by atoms with E-state index in [0.717, 1.165) is 5.39 Å². The molecule has 0 spiro atoms. The van der Waals surface area contributed by atoms with Gasteiger partial charge in [0, 0.05) is 24.3 Å². The maximum atomic E-state index is 12.5. The van der Waals surface area contributed by atoms with Gasteiger partial charge in [-0.05, 0) is 35.7 Å². The first-order valence-electron chi connectivity index (χ1n) is 7.04. The monoisotopic (exact) mass is 339 g/mol. The third-order valence-electron chi connectivity index (χ3n) is 3.63. The van der Waals surface area contributed by atoms with Crippen molar-refractivity contribution in [2.24, 2.45) is 7.05 Å². The lowest BCUT2D eigenvalue weighted by molar-refractivity contribution is 0.601. The number of rotatable bonds is 3. The molecule has 0 fully saturated rings. The van der Waals surface area contributed by atoms with Gasteiger partial charge >= 0.3 is 0 Å². The van der Waals surface area contributed by atoms with Crippen molar-refractivity contribution in [2.75, 3.05) is 4.72 Å². The zero-order chi connectivity index (χ0) is 17.3. The Hall–Kier alpha value is -3.11. The van der Waals surface area contributed by atoms with Gasteiger partial charge in [0.2, 0.25) is 0 Å². The number of anilines is 1. The molecular weight excluding hydrogens is 326 g/mol. The van der Waals surface area contributed by atoms with Crippen LogP contribution in [0.1, 0.15) is 5.56 Å². The molecule has 1 heterocycles. The molecule has 0 aliphatic carbocycles. The molecule has 0 saturated carbocycles. The van der Waals surface area contributed by atoms with Gasteiger partial charge < -0.3 is 4.57 Å². The van der Waals surface area contributed by atoms with Crippen molar-refractivity contribution in [2.45, 2.75) is 4.90 Å². The Kier molecular flexibility index (Phi) is 3.83. The number of aryl methyl sites for hydroxylation is 1. The maximum absolute atomic E-state index is 12.5. The Labute approximate surface area is 138 Å². The van der Waals surface area contributed by atoms with E-state index < -0.39 is 10.0 Å². The maximum Gasteiger partial charge on any atom is 0.263 e. The third-order valence-corrected chi connectivity index (χ3v) is 5.07. The highest BCUT2D eigenvalue weighted by Crippen LogP contribution is 2.21. The minimum Gasteiger partial charge on any atom is -0.318 e. The van der Waals surface area contributed by atoms with E-state index in [1.165, 1.54) is 22.8 Å². The van der Waals surface area contributed by atoms with Gasteiger partial charge in [0.25, 0.3) is 15.6 Å². The summed E-state index contributed by atoms with van der Waals surface area (Å²) in [6.07, 6.45) is 1.65. The van der Waals surface area contributed by atoms with Crippen molar-refractivity contribution in [1.82, 2.24) is 4.57 Å². The molecule has 1 aromatic heterocycles. The molecule has 0 bridgehead atoms. The second-order valence-corrected chi connectivity index (χ2v) is 6.90. The van der Waals surface area contributed by atoms with E-state index in [9.17, 15) is 13.2 Å². The standard InChI is InChI=1S/C17H13N3O3S/c1-20-9-8-12-6-7-14(10-15(12)17(20)21)19-24(22,23)16-5-3-2-4-13(16)11-18/h2-10,19H,1H3. The van der Waals surface area contributed by atoms with Crippen LogP contribution < -0.4 is 10.3 Å². The molecule has 0 atom stereocenters. The first-order valence-corrected chi connectivity index (χ1v) is 8.52. The van der Waals surface area contributed by atoms with E-state index in [2.05, 4.69) is 4.72 Å². The van der Waals surface area contributed by atoms with Crippen LogP contribution >= 0.6 is 0 Å². The summed E-state index contributed by atoms with van der Waals surface area (Å²) in [7, 11) is -2.30. The first kappa shape index (κ1) is 15.8. The summed E-state index contributed by atoms with van der Waals surface area (Å²) in [6.45, 7) is 0. The van der Waals surface area contributed by atoms with Crippen LogP contribution in [0, 0.1) is 11.3 Å². The van der Waals surface area contributed by atoms with Crippen molar-refractivity contribution in [1.29, 1.82) is 5.26 Å². The van der Waals surface area contributed by atoms with Gasteiger partial charge in [-0.25, -0.2) is 8.42 Å². The normalized spacial score (nSPS) is 11.2. The molecule has 24 heavy (non-hydrogen) atoms. The van der Waals surface area contributed by atoms with E-state index in [1.807, 2.05) is 6.07 Å². The van der Waals surface area contributed by atoms with E-state index in [-0.39, 0.29) is 21.7 Å². The Morgan fingerprint density at radius 2 is 1.88 bits per heavy atom. The number of hydrogen-bond acceptors (Lipinski definition) is 4. The SMILES string of the molecule is Cn1ccc2ccc(NS(=O)(=O)c3ccccc3C#N)cc2c1=O. The van der Waals surface area contributed by atoms with Crippen LogP contribution in [-0.2, 0) is 17.1 Å². The second-order valence-electron chi connectivity index (χ2n) is 5.25. The van der Waals surface area contributed by atoms with Crippen LogP contribution in [0.3, 0.4) is 0 Å². The van der Waals surface area contributed by atoms with Crippen molar-refractivity contribution in [3.05, 3.63) is 70.6 Å². The van der Waals surface area contributed by atoms with Gasteiger partial charge in [-0.3, -0.25) is 9.52 Å². The van der Waals surface area contributed by atoms with Gasteiger partial charge in [0.15, 0.2) is 0 Å². The summed E-state index contributed by atoms with van der Waals surface area (Å²) in [5.41, 5.74) is 0.103. The molecule has 7 heteroatoms. The molecular formula is C17H13N3O3S. The fraction of sp³-hybridized carbons (Fsp3) is 0.0588. The molecule has 0 saturated heterocycles. The molecule has 120 valence electrons. The summed E-state index contributed by atoms with van der Waals surface area (Å²) in [6, 6.07) is 14.3. The average Bonchev–Trinajstić information content (AvgIpc) is 2.58. The van der Waals surface area contributed by atoms with E-state index in [0.29, 0.717) is 5.39 Å². The Morgan fingerprint density at radius 3 is 2.62 bits per heavy atom. The van der Waals surface area contributed by atoms with Crippen LogP contribution in [0.25, 0.3) is 10.8 Å². The van der Waals surface area contributed by atoms with Crippen molar-refractivity contribution in [3.63, 3.8) is 0 Å². The number of benzene rings is 2. The minimum atomic E-state index is -3.93. The van der Waals surface area contributed by atoms with Gasteiger partial charge in [-0.15, -0.1) is 0 Å². The molecule has 0 radical (unpaired) electrons. The van der Waals surface area contributed by atoms with Crippen molar-refractivity contribution < 1.29 is 8.42 Å². The summed E-state index contributed by atoms with van der Waals surface area (Å²) in [5, 5.41) is 10.2. The molecule has 6 nitrogen and oxygen atoms in total. The highest BCUT2D eigenvalue weighted by molar-refractivity contribution is 7.92. The summed E-state index contributed by atoms with van der Waals surface area (Å²) >= 11 is 0. The van der Waals surface area contributed by atoms with Gasteiger partial charge in [-0.1, -0.05) is 18.2 Å². The quantitative estimate of drug-likeness (QED) is 0.792. The number of nitriles is 1. The molecule has 2 aromatic carbocycles. The van der Waals surface area contributed by atoms with E-state index >= 15 is 0 Å². The number of nitrogens with zero attached hydrogens (tertiary/aromatic N) is 2. The van der Waals surface area contributed by atoms with Crippen LogP contribution in [-0.4, -0.2) is 13.0 Å². The first-order chi connectivity index (χ1) is 11.4. The molecule has 0 aliphatic rings. The van der Waals surface area contributed by atoms with Gasteiger partial charge in [0.1, 0.15) is 11.0 Å². The fourth-order valence-corrected chi connectivity index (χ4v) is 3.61. The Morgan fingerprint density at radius 1 is 1.12 bits per heavy atom. The second kappa shape index (κ2) is 5.83. The molecule has 0 aliphatic heterocycles. The minimum absolute atomic E-state index is 0.0571. The smallest absolute Gasteiger partial charge is 0.263 e. The van der Waals surface area contributed by atoms with Gasteiger partial charge in [0.05, 0.1) is 5.56 Å². The van der Waals surface area contributed by atoms with Crippen LogP contribution in [0.15, 0.2) is 64.4 Å². The fourth-order valence-electron chi connectivity index (χ4n) is 2.40. The zero-order valence-corrected chi connectivity index (χ0v) is 13.5. The summed E-state index contributed by atoms with van der Waals surface area (Å²) < 4.78 is 28.9. The highest BCUT2D eigenvalue weighted by atomic mass is 32.2. The van der Waals surface area contributed by atoms with Crippen molar-refractivity contribution >= 4 is 26.5 Å². The molecule has 0 amide bonds. The molecule has 3 rings (SSSR count). The number of hydrogen-bond donors (Lipinski definition) is 1. The lowest BCUT2D eigenvalue weighted by Crippen LogP contribution is -2.17. The lowest BCUT2D eigenvalue weighted by Gasteiger charge is -2.10. The molecule has 3 aromatic rings. The number of fused-ring (bicyclic) bond motifs is 1. The number of aromatic nitrogens is 1. The highest BCUT2D eigenvalue weighted by Gasteiger charge is 2.18. The zero-order valence-electron chi connectivity index (χ0n) is 12.7. The number of nitrogens with one attached hydrogen (secondary N) is 1. The Bertz CT molecular complexity index is 1140. The van der Waals surface area contributed by atoms with Crippen LogP contribution in [0.5, 0.6) is 0 Å². The topological polar surface area (TPSA) is 92.0 Å². The van der Waals surface area contributed by atoms with Crippen LogP contribution in [0.2, 0.25) is 0 Å². The summed E-state index contributed by atoms with van der Waals surface area (Å²) in [4.78, 5) is 12.1. The predicted octanol–water partition coefficient (Wildman–Crippen LogP) is 2.21. The number of sulfonamides is 1. The van der Waals surface area contributed by atoms with Crippen molar-refractivity contribution in [3.8, 4) is 6.07 Å². The predicted molar refractivity (Wildman–Crippen MR) is 91.2 cm³/mol. The Balaban J connectivity index is 2.08. The van der Waals surface area contributed by atoms with E-state index in [1.54, 1.807) is 43.6 Å². The average molecular weight is 339 g/mol. The van der Waals surface area contributed by atoms with E-state index in [4.69, 9.17) is 5.26 Å². The van der Waals surface area contributed by atoms with Gasteiger partial charge in [-0.2, -0.15) is 5.26 Å². The lowest BCUT2D eigenvalue weighted by atomic mass is 10.1. The summed E-state index contributed by atoms with van der Waals surface area (Å²) in [5.74, 6) is 0. The number of pyridine rings is 1. The largest absolute Gasteiger partial charge is 0.318 e. The van der Waals surface area contributed by atoms with Crippen LogP contribution in [0.4, 0.5) is 5.69 Å². The molecule has 0 unspecified atom stereocenters.